The highest BCUT2D eigenvalue weighted by atomic mass is 79.9. The number of hydrogen-bond acceptors (Lipinski definition) is 5. The van der Waals surface area contributed by atoms with Crippen LogP contribution in [-0.4, -0.2) is 25.0 Å². The maximum Gasteiger partial charge on any atom is 0.343 e. The van der Waals surface area contributed by atoms with Crippen molar-refractivity contribution < 1.29 is 23.9 Å². The summed E-state index contributed by atoms with van der Waals surface area (Å²) < 4.78 is 12.4. The molecule has 0 N–H and O–H groups in total. The Labute approximate surface area is 234 Å². The van der Waals surface area contributed by atoms with E-state index < -0.39 is 17.8 Å². The minimum atomic E-state index is -0.750. The van der Waals surface area contributed by atoms with Gasteiger partial charge in [0.25, 0.3) is 11.8 Å². The summed E-state index contributed by atoms with van der Waals surface area (Å²) in [5.74, 6) is -0.493. The Hall–Kier alpha value is -4.69. The van der Waals surface area contributed by atoms with Crippen molar-refractivity contribution in [1.82, 2.24) is 0 Å². The minimum absolute atomic E-state index is 0.182. The number of halogens is 1. The minimum Gasteiger partial charge on any atom is -0.497 e. The predicted octanol–water partition coefficient (Wildman–Crippen LogP) is 6.62. The first kappa shape index (κ1) is 25.9. The number of rotatable bonds is 7. The van der Waals surface area contributed by atoms with Gasteiger partial charge in [-0.15, -0.1) is 0 Å². The highest BCUT2D eigenvalue weighted by Gasteiger charge is 2.43. The third-order valence-electron chi connectivity index (χ3n) is 6.14. The average molecular weight is 583 g/mol. The summed E-state index contributed by atoms with van der Waals surface area (Å²) >= 11 is 3.53. The third-order valence-corrected chi connectivity index (χ3v) is 6.91. The summed E-state index contributed by atoms with van der Waals surface area (Å²) in [5, 5.41) is 0. The number of barbiturate groups is 1. The van der Waals surface area contributed by atoms with E-state index in [4.69, 9.17) is 9.47 Å². The van der Waals surface area contributed by atoms with Crippen LogP contribution in [0.5, 0.6) is 11.5 Å². The molecular weight excluding hydrogens is 560 g/mol. The number of carbonyl (C=O) groups is 3. The van der Waals surface area contributed by atoms with Gasteiger partial charge in [0.05, 0.1) is 18.5 Å². The molecule has 0 atom stereocenters. The van der Waals surface area contributed by atoms with Gasteiger partial charge >= 0.3 is 6.03 Å². The first-order chi connectivity index (χ1) is 19.0. The Bertz CT molecular complexity index is 1510. The second-order valence-electron chi connectivity index (χ2n) is 8.58. The topological polar surface area (TPSA) is 76.2 Å². The highest BCUT2D eigenvalue weighted by molar-refractivity contribution is 9.10. The largest absolute Gasteiger partial charge is 0.497 e. The van der Waals surface area contributed by atoms with Crippen LogP contribution < -0.4 is 19.3 Å². The Morgan fingerprint density at radius 2 is 1.31 bits per heavy atom. The Morgan fingerprint density at radius 3 is 1.87 bits per heavy atom. The second kappa shape index (κ2) is 11.4. The summed E-state index contributed by atoms with van der Waals surface area (Å²) in [7, 11) is 1.54. The van der Waals surface area contributed by atoms with Crippen molar-refractivity contribution in [1.29, 1.82) is 0 Å². The maximum atomic E-state index is 13.7. The lowest BCUT2D eigenvalue weighted by molar-refractivity contribution is -0.121. The number of amides is 4. The van der Waals surface area contributed by atoms with Crippen molar-refractivity contribution in [2.75, 3.05) is 16.9 Å². The van der Waals surface area contributed by atoms with E-state index >= 15 is 0 Å². The van der Waals surface area contributed by atoms with E-state index in [2.05, 4.69) is 15.9 Å². The van der Waals surface area contributed by atoms with Crippen molar-refractivity contribution in [3.05, 3.63) is 124 Å². The third kappa shape index (κ3) is 5.32. The number of imide groups is 2. The van der Waals surface area contributed by atoms with Crippen molar-refractivity contribution in [2.24, 2.45) is 0 Å². The Morgan fingerprint density at radius 1 is 0.744 bits per heavy atom. The molecule has 5 rings (SSSR count). The zero-order chi connectivity index (χ0) is 27.4. The molecular formula is C31H23BrN2O5. The fraction of sp³-hybridized carbons (Fsp3) is 0.0645. The number of para-hydroxylation sites is 2. The number of carbonyl (C=O) groups excluding carboxylic acids is 3. The van der Waals surface area contributed by atoms with Crippen LogP contribution in [0.1, 0.15) is 11.1 Å². The van der Waals surface area contributed by atoms with Gasteiger partial charge in [0.15, 0.2) is 0 Å². The number of nitrogens with zero attached hydrogens (tertiary/aromatic N) is 2. The van der Waals surface area contributed by atoms with Crippen LogP contribution in [0.15, 0.2) is 113 Å². The zero-order valence-electron chi connectivity index (χ0n) is 20.9. The molecule has 7 nitrogen and oxygen atoms in total. The van der Waals surface area contributed by atoms with Gasteiger partial charge in [-0.05, 0) is 48.5 Å². The Kier molecular flexibility index (Phi) is 7.56. The van der Waals surface area contributed by atoms with E-state index in [1.807, 2.05) is 24.3 Å². The summed E-state index contributed by atoms with van der Waals surface area (Å²) in [6.07, 6.45) is 1.46. The van der Waals surface area contributed by atoms with E-state index in [9.17, 15) is 14.4 Å². The molecule has 4 amide bonds. The molecule has 4 aromatic rings. The summed E-state index contributed by atoms with van der Waals surface area (Å²) in [6, 6.07) is 29.1. The number of urea groups is 1. The van der Waals surface area contributed by atoms with Crippen LogP contribution in [-0.2, 0) is 16.2 Å². The van der Waals surface area contributed by atoms with Crippen LogP contribution in [0.4, 0.5) is 16.2 Å². The summed E-state index contributed by atoms with van der Waals surface area (Å²) in [5.41, 5.74) is 1.92. The van der Waals surface area contributed by atoms with Crippen LogP contribution in [0, 0.1) is 0 Å². The number of ether oxygens (including phenoxy) is 2. The maximum absolute atomic E-state index is 13.7. The molecule has 1 fully saturated rings. The molecule has 0 radical (unpaired) electrons. The van der Waals surface area contributed by atoms with Crippen LogP contribution in [0.2, 0.25) is 0 Å². The molecule has 1 heterocycles. The summed E-state index contributed by atoms with van der Waals surface area (Å²) in [6.45, 7) is 0.234. The fourth-order valence-electron chi connectivity index (χ4n) is 4.15. The lowest BCUT2D eigenvalue weighted by atomic mass is 10.0. The molecule has 0 aliphatic carbocycles. The molecule has 194 valence electrons. The van der Waals surface area contributed by atoms with E-state index in [0.717, 1.165) is 19.8 Å². The van der Waals surface area contributed by atoms with Crippen LogP contribution >= 0.6 is 15.9 Å². The van der Waals surface area contributed by atoms with Crippen molar-refractivity contribution >= 4 is 51.2 Å². The molecule has 0 aromatic heterocycles. The highest BCUT2D eigenvalue weighted by Crippen LogP contribution is 2.33. The van der Waals surface area contributed by atoms with Crippen molar-refractivity contribution in [2.45, 2.75) is 6.61 Å². The van der Waals surface area contributed by atoms with Gasteiger partial charge in [0, 0.05) is 21.7 Å². The molecule has 8 heteroatoms. The first-order valence-electron chi connectivity index (χ1n) is 12.1. The Balaban J connectivity index is 1.59. The molecule has 0 saturated carbocycles. The number of benzene rings is 4. The molecule has 1 aliphatic heterocycles. The predicted molar refractivity (Wildman–Crippen MR) is 153 cm³/mol. The number of anilines is 2. The van der Waals surface area contributed by atoms with Gasteiger partial charge in [-0.3, -0.25) is 9.59 Å². The normalized spacial score (nSPS) is 13.5. The van der Waals surface area contributed by atoms with E-state index in [-0.39, 0.29) is 12.2 Å². The van der Waals surface area contributed by atoms with Gasteiger partial charge < -0.3 is 9.47 Å². The van der Waals surface area contributed by atoms with Gasteiger partial charge in [0.2, 0.25) is 0 Å². The van der Waals surface area contributed by atoms with E-state index in [0.29, 0.717) is 28.4 Å². The van der Waals surface area contributed by atoms with Crippen molar-refractivity contribution in [3.63, 3.8) is 0 Å². The van der Waals surface area contributed by atoms with Gasteiger partial charge in [-0.1, -0.05) is 70.5 Å². The number of hydrogen-bond donors (Lipinski definition) is 0. The quantitative estimate of drug-likeness (QED) is 0.181. The smallest absolute Gasteiger partial charge is 0.343 e. The van der Waals surface area contributed by atoms with Crippen LogP contribution in [0.25, 0.3) is 6.08 Å². The molecule has 39 heavy (non-hydrogen) atoms. The molecule has 1 saturated heterocycles. The van der Waals surface area contributed by atoms with Gasteiger partial charge in [-0.2, -0.15) is 0 Å². The molecule has 1 aliphatic rings. The summed E-state index contributed by atoms with van der Waals surface area (Å²) in [4.78, 5) is 42.9. The average Bonchev–Trinajstić information content (AvgIpc) is 2.96. The lowest BCUT2D eigenvalue weighted by Crippen LogP contribution is -2.57. The zero-order valence-corrected chi connectivity index (χ0v) is 22.5. The van der Waals surface area contributed by atoms with Gasteiger partial charge in [-0.25, -0.2) is 14.6 Å². The van der Waals surface area contributed by atoms with E-state index in [1.54, 1.807) is 86.0 Å². The molecule has 4 aromatic carbocycles. The fourth-order valence-corrected chi connectivity index (χ4v) is 4.55. The standard InChI is InChI=1S/C31H23BrN2O5/c1-38-25-17-16-21(28(19-25)39-20-22-10-8-9-15-27(22)32)18-26-29(35)33(23-11-4-2-5-12-23)31(37)34(30(26)36)24-13-6-3-7-14-24/h2-19H,20H2,1H3. The SMILES string of the molecule is COc1ccc(C=C2C(=O)N(c3ccccc3)C(=O)N(c3ccccc3)C2=O)c(OCc2ccccc2Br)c1. The van der Waals surface area contributed by atoms with Gasteiger partial charge in [0.1, 0.15) is 23.7 Å². The number of methoxy groups -OCH3 is 1. The lowest BCUT2D eigenvalue weighted by Gasteiger charge is -2.34. The van der Waals surface area contributed by atoms with E-state index in [1.165, 1.54) is 6.08 Å². The van der Waals surface area contributed by atoms with Crippen molar-refractivity contribution in [3.8, 4) is 11.5 Å². The molecule has 0 spiro atoms. The van der Waals surface area contributed by atoms with Crippen LogP contribution in [0.3, 0.4) is 0 Å². The molecule has 0 unspecified atom stereocenters. The monoisotopic (exact) mass is 582 g/mol. The second-order valence-corrected chi connectivity index (χ2v) is 9.43. The first-order valence-corrected chi connectivity index (χ1v) is 12.9. The molecule has 0 bridgehead atoms.